The number of piperidine rings is 1. The van der Waals surface area contributed by atoms with Crippen molar-refractivity contribution in [1.82, 2.24) is 14.8 Å². The van der Waals surface area contributed by atoms with E-state index in [0.29, 0.717) is 18.8 Å². The number of nitrogens with zero attached hydrogens (tertiary/aromatic N) is 2. The molecule has 1 amide bonds. The SMILES string of the molecule is CNC(=O)c1ccc(C2CCCCN2CC(O)COC2CCOCC2)n1C. The highest BCUT2D eigenvalue weighted by molar-refractivity contribution is 5.92. The Morgan fingerprint density at radius 3 is 2.85 bits per heavy atom. The lowest BCUT2D eigenvalue weighted by Crippen LogP contribution is -2.41. The molecule has 2 saturated heterocycles. The maximum Gasteiger partial charge on any atom is 0.267 e. The van der Waals surface area contributed by atoms with Crippen LogP contribution in [0.3, 0.4) is 0 Å². The number of ether oxygens (including phenoxy) is 2. The van der Waals surface area contributed by atoms with Crippen molar-refractivity contribution in [3.8, 4) is 0 Å². The van der Waals surface area contributed by atoms with E-state index in [-0.39, 0.29) is 18.1 Å². The number of β-amino-alcohol motifs (C(OH)–C–C–N with tert-alkyl or cyclic N) is 1. The van der Waals surface area contributed by atoms with Crippen LogP contribution in [0, 0.1) is 0 Å². The summed E-state index contributed by atoms with van der Waals surface area (Å²) in [4.78, 5) is 14.4. The molecule has 0 aromatic carbocycles. The molecule has 0 spiro atoms. The smallest absolute Gasteiger partial charge is 0.267 e. The molecule has 2 atom stereocenters. The third-order valence-electron chi connectivity index (χ3n) is 5.71. The number of carbonyl (C=O) groups is 1. The van der Waals surface area contributed by atoms with Gasteiger partial charge < -0.3 is 24.5 Å². The summed E-state index contributed by atoms with van der Waals surface area (Å²) in [7, 11) is 3.59. The molecule has 1 aromatic heterocycles. The van der Waals surface area contributed by atoms with Crippen molar-refractivity contribution in [2.45, 2.75) is 50.4 Å². The summed E-state index contributed by atoms with van der Waals surface area (Å²) >= 11 is 0. The number of likely N-dealkylation sites (tertiary alicyclic amines) is 1. The monoisotopic (exact) mass is 379 g/mol. The van der Waals surface area contributed by atoms with Crippen LogP contribution in [0.2, 0.25) is 0 Å². The summed E-state index contributed by atoms with van der Waals surface area (Å²) in [6, 6.07) is 4.14. The van der Waals surface area contributed by atoms with Gasteiger partial charge in [0.15, 0.2) is 0 Å². The highest BCUT2D eigenvalue weighted by atomic mass is 16.5. The standard InChI is InChI=1S/C20H33N3O4/c1-21-20(25)19-7-6-17(22(19)2)18-5-3-4-10-23(18)13-15(24)14-27-16-8-11-26-12-9-16/h6-7,15-16,18,24H,3-5,8-14H2,1-2H3,(H,21,25). The molecule has 0 bridgehead atoms. The third-order valence-corrected chi connectivity index (χ3v) is 5.71. The molecule has 2 N–H and O–H groups in total. The van der Waals surface area contributed by atoms with Crippen molar-refractivity contribution in [1.29, 1.82) is 0 Å². The predicted octanol–water partition coefficient (Wildman–Crippen LogP) is 1.47. The van der Waals surface area contributed by atoms with Crippen LogP contribution >= 0.6 is 0 Å². The van der Waals surface area contributed by atoms with Gasteiger partial charge in [0.1, 0.15) is 5.69 Å². The topological polar surface area (TPSA) is 76.0 Å². The summed E-state index contributed by atoms with van der Waals surface area (Å²) in [5.74, 6) is -0.0731. The van der Waals surface area contributed by atoms with Crippen LogP contribution in [0.15, 0.2) is 12.1 Å². The van der Waals surface area contributed by atoms with Gasteiger partial charge in [-0.2, -0.15) is 0 Å². The van der Waals surface area contributed by atoms with Crippen LogP contribution in [-0.4, -0.2) is 72.6 Å². The first-order valence-corrected chi connectivity index (χ1v) is 10.1. The normalized spacial score (nSPS) is 23.3. The van der Waals surface area contributed by atoms with Gasteiger partial charge in [-0.1, -0.05) is 6.42 Å². The first-order valence-electron chi connectivity index (χ1n) is 10.1. The van der Waals surface area contributed by atoms with Gasteiger partial charge in [-0.3, -0.25) is 9.69 Å². The minimum Gasteiger partial charge on any atom is -0.389 e. The molecule has 3 heterocycles. The van der Waals surface area contributed by atoms with E-state index in [1.165, 1.54) is 0 Å². The van der Waals surface area contributed by atoms with Crippen molar-refractivity contribution in [2.75, 3.05) is 40.0 Å². The summed E-state index contributed by atoms with van der Waals surface area (Å²) in [6.07, 6.45) is 4.85. The zero-order valence-electron chi connectivity index (χ0n) is 16.5. The number of aliphatic hydroxyl groups is 1. The molecule has 27 heavy (non-hydrogen) atoms. The van der Waals surface area contributed by atoms with Gasteiger partial charge in [0.25, 0.3) is 5.91 Å². The fourth-order valence-electron chi connectivity index (χ4n) is 4.18. The molecule has 1 aromatic rings. The van der Waals surface area contributed by atoms with Gasteiger partial charge in [0, 0.05) is 39.5 Å². The molecule has 2 fully saturated rings. The highest BCUT2D eigenvalue weighted by Gasteiger charge is 2.29. The van der Waals surface area contributed by atoms with E-state index < -0.39 is 6.10 Å². The molecule has 0 aliphatic carbocycles. The molecule has 152 valence electrons. The number of hydrogen-bond donors (Lipinski definition) is 2. The van der Waals surface area contributed by atoms with Gasteiger partial charge in [0.2, 0.25) is 0 Å². The van der Waals surface area contributed by atoms with E-state index in [0.717, 1.165) is 57.6 Å². The lowest BCUT2D eigenvalue weighted by molar-refractivity contribution is -0.0676. The minimum atomic E-state index is -0.507. The summed E-state index contributed by atoms with van der Waals surface area (Å²) in [5, 5.41) is 13.2. The van der Waals surface area contributed by atoms with Gasteiger partial charge in [-0.15, -0.1) is 0 Å². The van der Waals surface area contributed by atoms with E-state index in [4.69, 9.17) is 9.47 Å². The highest BCUT2D eigenvalue weighted by Crippen LogP contribution is 2.32. The Kier molecular flexibility index (Phi) is 7.29. The van der Waals surface area contributed by atoms with Crippen LogP contribution < -0.4 is 5.32 Å². The van der Waals surface area contributed by atoms with Gasteiger partial charge in [0.05, 0.1) is 24.9 Å². The Morgan fingerprint density at radius 1 is 1.33 bits per heavy atom. The predicted molar refractivity (Wildman–Crippen MR) is 103 cm³/mol. The van der Waals surface area contributed by atoms with E-state index in [1.54, 1.807) is 7.05 Å². The number of aliphatic hydroxyl groups excluding tert-OH is 1. The van der Waals surface area contributed by atoms with E-state index in [2.05, 4.69) is 10.2 Å². The zero-order valence-corrected chi connectivity index (χ0v) is 16.5. The van der Waals surface area contributed by atoms with E-state index in [1.807, 2.05) is 23.7 Å². The quantitative estimate of drug-likeness (QED) is 0.750. The van der Waals surface area contributed by atoms with Gasteiger partial charge in [-0.25, -0.2) is 0 Å². The number of amides is 1. The van der Waals surface area contributed by atoms with Crippen LogP contribution in [0.5, 0.6) is 0 Å². The fraction of sp³-hybridized carbons (Fsp3) is 0.750. The van der Waals surface area contributed by atoms with Crippen molar-refractivity contribution in [3.05, 3.63) is 23.5 Å². The minimum absolute atomic E-state index is 0.0731. The Hall–Kier alpha value is -1.41. The molecule has 2 aliphatic rings. The van der Waals surface area contributed by atoms with E-state index in [9.17, 15) is 9.90 Å². The lowest BCUT2D eigenvalue weighted by Gasteiger charge is -2.37. The Bertz CT molecular complexity index is 612. The number of rotatable bonds is 7. The first-order chi connectivity index (χ1) is 13.1. The second-order valence-corrected chi connectivity index (χ2v) is 7.59. The fourth-order valence-corrected chi connectivity index (χ4v) is 4.18. The molecular weight excluding hydrogens is 346 g/mol. The third kappa shape index (κ3) is 5.10. The molecule has 2 aliphatic heterocycles. The van der Waals surface area contributed by atoms with Crippen molar-refractivity contribution in [2.24, 2.45) is 7.05 Å². The average Bonchev–Trinajstić information content (AvgIpc) is 3.08. The largest absolute Gasteiger partial charge is 0.389 e. The summed E-state index contributed by atoms with van der Waals surface area (Å²) in [6.45, 7) is 3.41. The number of aromatic nitrogens is 1. The average molecular weight is 380 g/mol. The van der Waals surface area contributed by atoms with Gasteiger partial charge >= 0.3 is 0 Å². The molecule has 2 unspecified atom stereocenters. The number of hydrogen-bond acceptors (Lipinski definition) is 5. The second-order valence-electron chi connectivity index (χ2n) is 7.59. The van der Waals surface area contributed by atoms with Crippen LogP contribution in [0.1, 0.15) is 54.3 Å². The number of nitrogens with one attached hydrogen (secondary N) is 1. The zero-order chi connectivity index (χ0) is 19.2. The molecule has 0 saturated carbocycles. The summed E-state index contributed by atoms with van der Waals surface area (Å²) < 4.78 is 13.2. The van der Waals surface area contributed by atoms with Crippen LogP contribution in [-0.2, 0) is 16.5 Å². The Morgan fingerprint density at radius 2 is 2.11 bits per heavy atom. The molecule has 7 heteroatoms. The Labute approximate surface area is 161 Å². The second kappa shape index (κ2) is 9.68. The molecule has 3 rings (SSSR count). The van der Waals surface area contributed by atoms with Crippen molar-refractivity contribution < 1.29 is 19.4 Å². The molecule has 7 nitrogen and oxygen atoms in total. The molecular formula is C20H33N3O4. The van der Waals surface area contributed by atoms with E-state index >= 15 is 0 Å². The summed E-state index contributed by atoms with van der Waals surface area (Å²) in [5.41, 5.74) is 1.80. The van der Waals surface area contributed by atoms with Crippen molar-refractivity contribution in [3.63, 3.8) is 0 Å². The molecule has 0 radical (unpaired) electrons. The van der Waals surface area contributed by atoms with Crippen LogP contribution in [0.25, 0.3) is 0 Å². The lowest BCUT2D eigenvalue weighted by atomic mass is 9.99. The van der Waals surface area contributed by atoms with Crippen LogP contribution in [0.4, 0.5) is 0 Å². The maximum absolute atomic E-state index is 12.0. The number of carbonyl (C=O) groups excluding carboxylic acids is 1. The maximum atomic E-state index is 12.0. The Balaban J connectivity index is 1.60. The first kappa shape index (κ1) is 20.3. The van der Waals surface area contributed by atoms with Crippen molar-refractivity contribution >= 4 is 5.91 Å². The van der Waals surface area contributed by atoms with Gasteiger partial charge in [-0.05, 0) is 44.4 Å².